The number of hydrogen-bond donors (Lipinski definition) is 3. The number of anilines is 1. The second-order valence-electron chi connectivity index (χ2n) is 7.40. The van der Waals surface area contributed by atoms with Gasteiger partial charge in [-0.25, -0.2) is 8.42 Å². The number of amides is 2. The Morgan fingerprint density at radius 3 is 2.23 bits per heavy atom. The van der Waals surface area contributed by atoms with Gasteiger partial charge in [0.1, 0.15) is 11.5 Å². The highest BCUT2D eigenvalue weighted by Gasteiger charge is 2.16. The molecule has 3 N–H and O–H groups in total. The fourth-order valence-corrected chi connectivity index (χ4v) is 4.14. The third-order valence-electron chi connectivity index (χ3n) is 4.88. The normalized spacial score (nSPS) is 10.8. The molecule has 0 unspecified atom stereocenters. The van der Waals surface area contributed by atoms with Crippen molar-refractivity contribution in [2.45, 2.75) is 18.4 Å². The maximum absolute atomic E-state index is 12.7. The highest BCUT2D eigenvalue weighted by atomic mass is 32.2. The Bertz CT molecular complexity index is 1260. The van der Waals surface area contributed by atoms with Crippen molar-refractivity contribution < 1.29 is 27.5 Å². The highest BCUT2D eigenvalue weighted by molar-refractivity contribution is 7.92. The predicted molar refractivity (Wildman–Crippen MR) is 132 cm³/mol. The van der Waals surface area contributed by atoms with Crippen LogP contribution < -0.4 is 24.8 Å². The van der Waals surface area contributed by atoms with E-state index in [0.29, 0.717) is 18.9 Å². The van der Waals surface area contributed by atoms with Crippen LogP contribution in [-0.4, -0.2) is 40.5 Å². The summed E-state index contributed by atoms with van der Waals surface area (Å²) in [6.45, 7) is 2.40. The van der Waals surface area contributed by atoms with Gasteiger partial charge in [-0.15, -0.1) is 0 Å². The second-order valence-corrected chi connectivity index (χ2v) is 9.08. The first-order valence-electron chi connectivity index (χ1n) is 10.8. The summed E-state index contributed by atoms with van der Waals surface area (Å²) >= 11 is 0. The Kier molecular flexibility index (Phi) is 8.69. The van der Waals surface area contributed by atoms with Crippen LogP contribution in [0.2, 0.25) is 0 Å². The van der Waals surface area contributed by atoms with Crippen molar-refractivity contribution in [3.63, 3.8) is 0 Å². The lowest BCUT2D eigenvalue weighted by atomic mass is 10.2. The Labute approximate surface area is 204 Å². The van der Waals surface area contributed by atoms with E-state index in [1.165, 1.54) is 30.3 Å². The van der Waals surface area contributed by atoms with Crippen LogP contribution in [0.15, 0.2) is 77.7 Å². The second kappa shape index (κ2) is 11.9. The monoisotopic (exact) mass is 497 g/mol. The van der Waals surface area contributed by atoms with Gasteiger partial charge in [-0.05, 0) is 67.1 Å². The molecule has 10 heteroatoms. The summed E-state index contributed by atoms with van der Waals surface area (Å²) in [5, 5.41) is 5.25. The van der Waals surface area contributed by atoms with Gasteiger partial charge < -0.3 is 20.1 Å². The van der Waals surface area contributed by atoms with Gasteiger partial charge in [-0.1, -0.05) is 18.2 Å². The molecule has 3 aromatic carbocycles. The van der Waals surface area contributed by atoms with Crippen LogP contribution in [0.1, 0.15) is 22.8 Å². The van der Waals surface area contributed by atoms with Crippen molar-refractivity contribution in [2.75, 3.05) is 25.0 Å². The van der Waals surface area contributed by atoms with Gasteiger partial charge in [-0.3, -0.25) is 14.3 Å². The lowest BCUT2D eigenvalue weighted by molar-refractivity contribution is -0.120. The van der Waals surface area contributed by atoms with E-state index >= 15 is 0 Å². The van der Waals surface area contributed by atoms with E-state index in [9.17, 15) is 18.0 Å². The van der Waals surface area contributed by atoms with Gasteiger partial charge in [0.25, 0.3) is 15.9 Å². The van der Waals surface area contributed by atoms with Gasteiger partial charge >= 0.3 is 0 Å². The van der Waals surface area contributed by atoms with E-state index in [0.717, 1.165) is 11.3 Å². The number of carbonyl (C=O) groups is 2. The van der Waals surface area contributed by atoms with Crippen LogP contribution in [-0.2, 0) is 21.4 Å². The third kappa shape index (κ3) is 7.47. The Morgan fingerprint density at radius 1 is 0.886 bits per heavy atom. The maximum Gasteiger partial charge on any atom is 0.261 e. The van der Waals surface area contributed by atoms with Crippen molar-refractivity contribution >= 4 is 27.5 Å². The molecule has 0 aliphatic heterocycles. The van der Waals surface area contributed by atoms with E-state index in [1.807, 2.05) is 19.1 Å². The lowest BCUT2D eigenvalue weighted by Gasteiger charge is -2.11. The van der Waals surface area contributed by atoms with Crippen molar-refractivity contribution in [1.82, 2.24) is 10.6 Å². The molecule has 0 bridgehead atoms. The first kappa shape index (κ1) is 25.6. The molecule has 35 heavy (non-hydrogen) atoms. The van der Waals surface area contributed by atoms with Gasteiger partial charge in [0.05, 0.1) is 25.2 Å². The number of sulfonamides is 1. The molecule has 0 atom stereocenters. The van der Waals surface area contributed by atoms with Crippen LogP contribution >= 0.6 is 0 Å². The molecule has 2 amide bonds. The Balaban J connectivity index is 1.54. The first-order valence-corrected chi connectivity index (χ1v) is 12.3. The standard InChI is InChI=1S/C25H27N3O6S/c1-3-34-22-11-13-23(14-12-22)35(31,32)28-20-6-4-5-19(15-20)25(30)27-17-24(29)26-16-18-7-9-21(33-2)10-8-18/h4-15,28H,3,16-17H2,1-2H3,(H,26,29)(H,27,30). The highest BCUT2D eigenvalue weighted by Crippen LogP contribution is 2.20. The average molecular weight is 498 g/mol. The molecule has 0 aliphatic rings. The molecule has 0 heterocycles. The zero-order valence-electron chi connectivity index (χ0n) is 19.4. The molecule has 9 nitrogen and oxygen atoms in total. The van der Waals surface area contributed by atoms with Gasteiger partial charge in [0.2, 0.25) is 5.91 Å². The van der Waals surface area contributed by atoms with Crippen molar-refractivity contribution in [1.29, 1.82) is 0 Å². The summed E-state index contributed by atoms with van der Waals surface area (Å²) in [5.41, 5.74) is 1.31. The number of methoxy groups -OCH3 is 1. The summed E-state index contributed by atoms with van der Waals surface area (Å²) < 4.78 is 38.2. The fraction of sp³-hybridized carbons (Fsp3) is 0.200. The summed E-state index contributed by atoms with van der Waals surface area (Å²) in [4.78, 5) is 24.6. The van der Waals surface area contributed by atoms with E-state index in [-0.39, 0.29) is 28.6 Å². The fourth-order valence-electron chi connectivity index (χ4n) is 3.09. The average Bonchev–Trinajstić information content (AvgIpc) is 2.86. The topological polar surface area (TPSA) is 123 Å². The molecule has 0 saturated heterocycles. The number of benzene rings is 3. The molecule has 3 rings (SSSR count). The van der Waals surface area contributed by atoms with E-state index in [2.05, 4.69) is 15.4 Å². The van der Waals surface area contributed by atoms with Crippen molar-refractivity contribution in [3.8, 4) is 11.5 Å². The number of hydrogen-bond acceptors (Lipinski definition) is 6. The molecule has 0 aliphatic carbocycles. The SMILES string of the molecule is CCOc1ccc(S(=O)(=O)Nc2cccc(C(=O)NCC(=O)NCc3ccc(OC)cc3)c2)cc1. The van der Waals surface area contributed by atoms with E-state index < -0.39 is 15.9 Å². The molecule has 0 spiro atoms. The molecule has 3 aromatic rings. The van der Waals surface area contributed by atoms with Gasteiger partial charge in [-0.2, -0.15) is 0 Å². The van der Waals surface area contributed by atoms with Crippen molar-refractivity contribution in [3.05, 3.63) is 83.9 Å². The predicted octanol–water partition coefficient (Wildman–Crippen LogP) is 2.94. The minimum Gasteiger partial charge on any atom is -0.497 e. The maximum atomic E-state index is 12.7. The number of ether oxygens (including phenoxy) is 2. The van der Waals surface area contributed by atoms with Crippen LogP contribution in [0.5, 0.6) is 11.5 Å². The summed E-state index contributed by atoms with van der Waals surface area (Å²) in [7, 11) is -2.29. The molecule has 0 saturated carbocycles. The molecule has 0 radical (unpaired) electrons. The minimum atomic E-state index is -3.86. The van der Waals surface area contributed by atoms with Crippen LogP contribution in [0.3, 0.4) is 0 Å². The molecule has 0 fully saturated rings. The molecule has 0 aromatic heterocycles. The van der Waals surface area contributed by atoms with E-state index in [1.54, 1.807) is 37.4 Å². The largest absolute Gasteiger partial charge is 0.497 e. The molecular weight excluding hydrogens is 470 g/mol. The quantitative estimate of drug-likeness (QED) is 0.374. The summed E-state index contributed by atoms with van der Waals surface area (Å²) in [6.07, 6.45) is 0. The number of carbonyl (C=O) groups excluding carboxylic acids is 2. The Hall–Kier alpha value is -4.05. The van der Waals surface area contributed by atoms with Gasteiger partial charge in [0.15, 0.2) is 0 Å². The zero-order valence-corrected chi connectivity index (χ0v) is 20.2. The van der Waals surface area contributed by atoms with Crippen LogP contribution in [0.25, 0.3) is 0 Å². The number of rotatable bonds is 11. The van der Waals surface area contributed by atoms with Crippen LogP contribution in [0.4, 0.5) is 5.69 Å². The number of nitrogens with one attached hydrogen (secondary N) is 3. The van der Waals surface area contributed by atoms with E-state index in [4.69, 9.17) is 9.47 Å². The minimum absolute atomic E-state index is 0.0596. The summed E-state index contributed by atoms with van der Waals surface area (Å²) in [5.74, 6) is 0.419. The first-order chi connectivity index (χ1) is 16.8. The summed E-state index contributed by atoms with van der Waals surface area (Å²) in [6, 6.07) is 19.3. The third-order valence-corrected chi connectivity index (χ3v) is 6.28. The Morgan fingerprint density at radius 2 is 1.57 bits per heavy atom. The zero-order chi connectivity index (χ0) is 25.3. The van der Waals surface area contributed by atoms with Gasteiger partial charge in [0, 0.05) is 17.8 Å². The lowest BCUT2D eigenvalue weighted by Crippen LogP contribution is -2.36. The smallest absolute Gasteiger partial charge is 0.261 e. The van der Waals surface area contributed by atoms with Crippen LogP contribution in [0, 0.1) is 0 Å². The molecular formula is C25H27N3O6S. The van der Waals surface area contributed by atoms with Crippen molar-refractivity contribution in [2.24, 2.45) is 0 Å². The molecule has 184 valence electrons.